The van der Waals surface area contributed by atoms with Gasteiger partial charge in [0, 0.05) is 35.4 Å². The van der Waals surface area contributed by atoms with E-state index in [1.807, 2.05) is 6.92 Å². The molecule has 0 aromatic carbocycles. The van der Waals surface area contributed by atoms with E-state index in [1.165, 1.54) is 0 Å². The molecule has 6 heteroatoms. The highest BCUT2D eigenvalue weighted by atomic mass is 32.2. The molecule has 0 saturated carbocycles. The van der Waals surface area contributed by atoms with Gasteiger partial charge in [-0.1, -0.05) is 13.8 Å². The summed E-state index contributed by atoms with van der Waals surface area (Å²) in [7, 11) is -0.737. The molecule has 0 aliphatic heterocycles. The van der Waals surface area contributed by atoms with Crippen LogP contribution in [0.15, 0.2) is 12.4 Å². The van der Waals surface area contributed by atoms with Crippen molar-refractivity contribution in [3.05, 3.63) is 12.4 Å². The van der Waals surface area contributed by atoms with Crippen LogP contribution in [-0.2, 0) is 10.8 Å². The first-order chi connectivity index (χ1) is 8.26. The summed E-state index contributed by atoms with van der Waals surface area (Å²) in [6.45, 7) is 5.57. The number of anilines is 2. The third-order valence-corrected chi connectivity index (χ3v) is 3.45. The van der Waals surface area contributed by atoms with E-state index in [0.717, 1.165) is 24.6 Å². The summed E-state index contributed by atoms with van der Waals surface area (Å²) in [5.74, 6) is 2.84. The molecule has 0 fully saturated rings. The maximum absolute atomic E-state index is 11.2. The predicted molar refractivity (Wildman–Crippen MR) is 72.9 cm³/mol. The first-order valence-electron chi connectivity index (χ1n) is 5.91. The Morgan fingerprint density at radius 1 is 1.18 bits per heavy atom. The van der Waals surface area contributed by atoms with Crippen LogP contribution in [0, 0.1) is 0 Å². The van der Waals surface area contributed by atoms with Crippen LogP contribution in [0.5, 0.6) is 0 Å². The van der Waals surface area contributed by atoms with E-state index in [9.17, 15) is 4.21 Å². The van der Waals surface area contributed by atoms with Gasteiger partial charge in [0.25, 0.3) is 0 Å². The molecule has 0 saturated heterocycles. The Balaban J connectivity index is 2.40. The van der Waals surface area contributed by atoms with Gasteiger partial charge in [-0.3, -0.25) is 9.19 Å². The number of hydrogen-bond acceptors (Lipinski definition) is 5. The molecule has 1 unspecified atom stereocenters. The first-order valence-corrected chi connectivity index (χ1v) is 7.39. The minimum Gasteiger partial charge on any atom is -0.369 e. The molecule has 2 N–H and O–H groups in total. The zero-order valence-electron chi connectivity index (χ0n) is 10.4. The minimum absolute atomic E-state index is 0.644. The second kappa shape index (κ2) is 8.00. The van der Waals surface area contributed by atoms with Gasteiger partial charge in [0.1, 0.15) is 11.6 Å². The molecule has 5 nitrogen and oxygen atoms in total. The first kappa shape index (κ1) is 13.9. The van der Waals surface area contributed by atoms with Crippen LogP contribution >= 0.6 is 0 Å². The SMILES string of the molecule is CCCNc1cncc(NCCS(=O)CC)n1. The highest BCUT2D eigenvalue weighted by Gasteiger charge is 1.99. The molecule has 0 spiro atoms. The predicted octanol–water partition coefficient (Wildman–Crippen LogP) is 1.48. The van der Waals surface area contributed by atoms with Crippen molar-refractivity contribution in [1.29, 1.82) is 0 Å². The quantitative estimate of drug-likeness (QED) is 0.737. The van der Waals surface area contributed by atoms with Crippen molar-refractivity contribution in [1.82, 2.24) is 9.97 Å². The smallest absolute Gasteiger partial charge is 0.146 e. The fraction of sp³-hybridized carbons (Fsp3) is 0.636. The van der Waals surface area contributed by atoms with Crippen molar-refractivity contribution in [3.63, 3.8) is 0 Å². The molecule has 0 bridgehead atoms. The molecule has 1 heterocycles. The van der Waals surface area contributed by atoms with Gasteiger partial charge in [-0.2, -0.15) is 0 Å². The molecule has 0 aliphatic carbocycles. The third kappa shape index (κ3) is 5.63. The fourth-order valence-corrected chi connectivity index (χ4v) is 1.85. The van der Waals surface area contributed by atoms with Crippen LogP contribution in [0.3, 0.4) is 0 Å². The van der Waals surface area contributed by atoms with Gasteiger partial charge >= 0.3 is 0 Å². The van der Waals surface area contributed by atoms with Crippen molar-refractivity contribution in [2.45, 2.75) is 20.3 Å². The van der Waals surface area contributed by atoms with Crippen molar-refractivity contribution >= 4 is 22.4 Å². The average Bonchev–Trinajstić information content (AvgIpc) is 2.36. The molecule has 1 rings (SSSR count). The van der Waals surface area contributed by atoms with Crippen LogP contribution in [0.2, 0.25) is 0 Å². The molecule has 17 heavy (non-hydrogen) atoms. The lowest BCUT2D eigenvalue weighted by Gasteiger charge is -2.07. The Hall–Kier alpha value is -1.17. The van der Waals surface area contributed by atoms with Crippen molar-refractivity contribution in [2.75, 3.05) is 35.2 Å². The average molecular weight is 256 g/mol. The highest BCUT2D eigenvalue weighted by molar-refractivity contribution is 7.84. The van der Waals surface area contributed by atoms with Gasteiger partial charge in [-0.05, 0) is 6.42 Å². The van der Waals surface area contributed by atoms with E-state index >= 15 is 0 Å². The van der Waals surface area contributed by atoms with E-state index in [-0.39, 0.29) is 0 Å². The summed E-state index contributed by atoms with van der Waals surface area (Å²) in [6.07, 6.45) is 4.42. The van der Waals surface area contributed by atoms with Crippen LogP contribution in [0.1, 0.15) is 20.3 Å². The lowest BCUT2D eigenvalue weighted by atomic mass is 10.5. The van der Waals surface area contributed by atoms with Gasteiger partial charge in [0.05, 0.1) is 12.4 Å². The molecule has 0 radical (unpaired) electrons. The normalized spacial score (nSPS) is 12.1. The maximum atomic E-state index is 11.2. The van der Waals surface area contributed by atoms with Crippen LogP contribution in [0.4, 0.5) is 11.6 Å². The van der Waals surface area contributed by atoms with Gasteiger partial charge in [0.15, 0.2) is 0 Å². The number of aromatic nitrogens is 2. The largest absolute Gasteiger partial charge is 0.369 e. The number of nitrogens with zero attached hydrogens (tertiary/aromatic N) is 2. The fourth-order valence-electron chi connectivity index (χ4n) is 1.23. The Kier molecular flexibility index (Phi) is 6.54. The number of rotatable bonds is 8. The van der Waals surface area contributed by atoms with E-state index in [2.05, 4.69) is 27.5 Å². The number of nitrogens with one attached hydrogen (secondary N) is 2. The van der Waals surface area contributed by atoms with E-state index < -0.39 is 10.8 Å². The Morgan fingerprint density at radius 2 is 1.82 bits per heavy atom. The highest BCUT2D eigenvalue weighted by Crippen LogP contribution is 2.06. The summed E-state index contributed by atoms with van der Waals surface area (Å²) in [5, 5.41) is 6.29. The Morgan fingerprint density at radius 3 is 2.41 bits per heavy atom. The van der Waals surface area contributed by atoms with Crippen molar-refractivity contribution in [2.24, 2.45) is 0 Å². The summed E-state index contributed by atoms with van der Waals surface area (Å²) in [4.78, 5) is 8.44. The molecule has 0 amide bonds. The van der Waals surface area contributed by atoms with Crippen molar-refractivity contribution < 1.29 is 4.21 Å². The van der Waals surface area contributed by atoms with Crippen LogP contribution in [-0.4, -0.2) is 38.8 Å². The van der Waals surface area contributed by atoms with Crippen LogP contribution in [0.25, 0.3) is 0 Å². The summed E-state index contributed by atoms with van der Waals surface area (Å²) >= 11 is 0. The van der Waals surface area contributed by atoms with E-state index in [0.29, 0.717) is 18.1 Å². The van der Waals surface area contributed by atoms with E-state index in [1.54, 1.807) is 12.4 Å². The molecular weight excluding hydrogens is 236 g/mol. The van der Waals surface area contributed by atoms with E-state index in [4.69, 9.17) is 0 Å². The van der Waals surface area contributed by atoms with Gasteiger partial charge in [-0.25, -0.2) is 4.98 Å². The third-order valence-electron chi connectivity index (χ3n) is 2.15. The lowest BCUT2D eigenvalue weighted by Crippen LogP contribution is -2.13. The molecule has 1 aromatic heterocycles. The Bertz CT molecular complexity index is 359. The topological polar surface area (TPSA) is 66.9 Å². The second-order valence-electron chi connectivity index (χ2n) is 3.58. The maximum Gasteiger partial charge on any atom is 0.146 e. The lowest BCUT2D eigenvalue weighted by molar-refractivity contribution is 0.684. The monoisotopic (exact) mass is 256 g/mol. The van der Waals surface area contributed by atoms with Crippen LogP contribution < -0.4 is 10.6 Å². The van der Waals surface area contributed by atoms with Crippen molar-refractivity contribution in [3.8, 4) is 0 Å². The van der Waals surface area contributed by atoms with Gasteiger partial charge in [-0.15, -0.1) is 0 Å². The molecule has 1 atom stereocenters. The van der Waals surface area contributed by atoms with Gasteiger partial charge in [0.2, 0.25) is 0 Å². The molecule has 96 valence electrons. The zero-order valence-corrected chi connectivity index (χ0v) is 11.2. The van der Waals surface area contributed by atoms with Gasteiger partial charge < -0.3 is 10.6 Å². The number of hydrogen-bond donors (Lipinski definition) is 2. The minimum atomic E-state index is -0.737. The second-order valence-corrected chi connectivity index (χ2v) is 5.44. The summed E-state index contributed by atoms with van der Waals surface area (Å²) in [5.41, 5.74) is 0. The zero-order chi connectivity index (χ0) is 12.5. The summed E-state index contributed by atoms with van der Waals surface area (Å²) < 4.78 is 11.2. The summed E-state index contributed by atoms with van der Waals surface area (Å²) in [6, 6.07) is 0. The molecular formula is C11H20N4OS. The molecule has 0 aliphatic rings. The standard InChI is InChI=1S/C11H20N4OS/c1-3-5-13-10-8-12-9-11(15-10)14-6-7-17(16)4-2/h8-9H,3-7H2,1-2H3,(H2,13,14,15). The molecule has 1 aromatic rings. The Labute approximate surface area is 105 Å².